The van der Waals surface area contributed by atoms with Gasteiger partial charge in [0, 0.05) is 38.2 Å². The summed E-state index contributed by atoms with van der Waals surface area (Å²) in [6.45, 7) is 5.69. The Labute approximate surface area is 159 Å². The molecule has 142 valence electrons. The lowest BCUT2D eigenvalue weighted by Crippen LogP contribution is -2.45. The number of aryl methyl sites for hydroxylation is 1. The molecular weight excluding hydrogens is 340 g/mol. The third-order valence-corrected chi connectivity index (χ3v) is 5.99. The van der Waals surface area contributed by atoms with E-state index in [0.717, 1.165) is 29.9 Å². The highest BCUT2D eigenvalue weighted by Gasteiger charge is 2.38. The third kappa shape index (κ3) is 2.65. The van der Waals surface area contributed by atoms with Crippen molar-refractivity contribution in [3.63, 3.8) is 0 Å². The summed E-state index contributed by atoms with van der Waals surface area (Å²) in [5, 5.41) is 4.62. The van der Waals surface area contributed by atoms with Crippen molar-refractivity contribution < 1.29 is 9.53 Å². The van der Waals surface area contributed by atoms with Crippen molar-refractivity contribution in [2.45, 2.75) is 51.4 Å². The Balaban J connectivity index is 1.54. The maximum absolute atomic E-state index is 13.5. The molecule has 6 nitrogen and oxygen atoms in total. The molecule has 3 heterocycles. The second-order valence-corrected chi connectivity index (χ2v) is 8.00. The van der Waals surface area contributed by atoms with Gasteiger partial charge < -0.3 is 14.5 Å². The summed E-state index contributed by atoms with van der Waals surface area (Å²) in [6.07, 6.45) is 3.31. The van der Waals surface area contributed by atoms with Gasteiger partial charge in [-0.15, -0.1) is 0 Å². The number of carbonyl (C=O) groups is 1. The third-order valence-electron chi connectivity index (χ3n) is 5.99. The first-order chi connectivity index (χ1) is 13.0. The van der Waals surface area contributed by atoms with Gasteiger partial charge in [-0.1, -0.05) is 12.1 Å². The van der Waals surface area contributed by atoms with Gasteiger partial charge in [-0.2, -0.15) is 5.10 Å². The summed E-state index contributed by atoms with van der Waals surface area (Å²) in [6, 6.07) is 8.92. The molecule has 1 fully saturated rings. The maximum Gasteiger partial charge on any atom is 0.279 e. The van der Waals surface area contributed by atoms with Crippen LogP contribution in [0.2, 0.25) is 0 Å². The lowest BCUT2D eigenvalue weighted by atomic mass is 9.99. The molecule has 1 amide bonds. The molecule has 0 saturated heterocycles. The number of benzene rings is 1. The summed E-state index contributed by atoms with van der Waals surface area (Å²) in [5.74, 6) is 0.0102. The van der Waals surface area contributed by atoms with E-state index in [1.165, 1.54) is 18.5 Å². The van der Waals surface area contributed by atoms with Gasteiger partial charge in [0.1, 0.15) is 0 Å². The second kappa shape index (κ2) is 6.09. The summed E-state index contributed by atoms with van der Waals surface area (Å²) in [5.41, 5.74) is 4.85. The highest BCUT2D eigenvalue weighted by atomic mass is 16.5. The summed E-state index contributed by atoms with van der Waals surface area (Å²) >= 11 is 0. The number of aromatic nitrogens is 2. The second-order valence-electron chi connectivity index (χ2n) is 8.00. The van der Waals surface area contributed by atoms with E-state index in [0.29, 0.717) is 18.3 Å². The molecule has 0 spiro atoms. The Morgan fingerprint density at radius 1 is 1.15 bits per heavy atom. The van der Waals surface area contributed by atoms with E-state index in [1.54, 1.807) is 0 Å². The van der Waals surface area contributed by atoms with E-state index < -0.39 is 0 Å². The van der Waals surface area contributed by atoms with Crippen molar-refractivity contribution in [2.24, 2.45) is 7.05 Å². The number of ether oxygens (including phenoxy) is 1. The highest BCUT2D eigenvalue weighted by Crippen LogP contribution is 2.41. The van der Waals surface area contributed by atoms with Crippen LogP contribution in [0.5, 0.6) is 0 Å². The smallest absolute Gasteiger partial charge is 0.279 e. The first-order valence-corrected chi connectivity index (χ1v) is 9.93. The number of anilines is 2. The van der Waals surface area contributed by atoms with E-state index in [2.05, 4.69) is 35.1 Å². The zero-order valence-electron chi connectivity index (χ0n) is 16.2. The Hall–Kier alpha value is -2.34. The van der Waals surface area contributed by atoms with Gasteiger partial charge >= 0.3 is 0 Å². The van der Waals surface area contributed by atoms with Crippen LogP contribution in [0.1, 0.15) is 54.5 Å². The average molecular weight is 366 g/mol. The number of para-hydroxylation sites is 2. The van der Waals surface area contributed by atoms with Crippen LogP contribution in [0.3, 0.4) is 0 Å². The minimum atomic E-state index is -0.0400. The van der Waals surface area contributed by atoms with Crippen molar-refractivity contribution >= 4 is 17.3 Å². The van der Waals surface area contributed by atoms with Crippen LogP contribution in [-0.4, -0.2) is 40.9 Å². The first-order valence-electron chi connectivity index (χ1n) is 9.93. The minimum absolute atomic E-state index is 0.0102. The predicted octanol–water partition coefficient (Wildman–Crippen LogP) is 3.07. The van der Waals surface area contributed by atoms with E-state index in [9.17, 15) is 4.79 Å². The molecule has 2 atom stereocenters. The quantitative estimate of drug-likeness (QED) is 0.820. The molecule has 3 aliphatic rings. The molecule has 5 rings (SSSR count). The molecule has 0 radical (unpaired) electrons. The van der Waals surface area contributed by atoms with Gasteiger partial charge in [0.2, 0.25) is 0 Å². The average Bonchev–Trinajstić information content (AvgIpc) is 3.44. The topological polar surface area (TPSA) is 50.6 Å². The number of fused-ring (bicyclic) bond motifs is 2. The van der Waals surface area contributed by atoms with Crippen LogP contribution in [0, 0.1) is 0 Å². The molecule has 1 aromatic heterocycles. The fourth-order valence-electron chi connectivity index (χ4n) is 4.70. The molecule has 0 N–H and O–H groups in total. The van der Waals surface area contributed by atoms with Gasteiger partial charge in [-0.05, 0) is 38.8 Å². The van der Waals surface area contributed by atoms with E-state index in [4.69, 9.17) is 4.74 Å². The van der Waals surface area contributed by atoms with E-state index in [-0.39, 0.29) is 18.1 Å². The standard InChI is InChI=1S/C21H26N4O2/c1-13-12-16-19(22-23(3)20(16)14(2)27-13)21(26)25-11-10-24(15-8-9-15)17-6-4-5-7-18(17)25/h4-7,13-15H,8-12H2,1-3H3/t13-,14+/m1/s1. The van der Waals surface area contributed by atoms with Crippen LogP contribution < -0.4 is 9.80 Å². The largest absolute Gasteiger partial charge is 0.369 e. The molecule has 27 heavy (non-hydrogen) atoms. The SMILES string of the molecule is C[C@@H]1Cc2c(C(=O)N3CCN(C4CC4)c4ccccc43)nn(C)c2[C@H](C)O1. The van der Waals surface area contributed by atoms with Crippen molar-refractivity contribution in [3.05, 3.63) is 41.2 Å². The van der Waals surface area contributed by atoms with Crippen LogP contribution in [-0.2, 0) is 18.2 Å². The minimum Gasteiger partial charge on any atom is -0.369 e. The molecule has 1 aliphatic carbocycles. The number of amides is 1. The molecule has 0 unspecified atom stereocenters. The lowest BCUT2D eigenvalue weighted by molar-refractivity contribution is -0.00902. The molecule has 2 aliphatic heterocycles. The number of carbonyl (C=O) groups excluding carboxylic acids is 1. The molecular formula is C21H26N4O2. The van der Waals surface area contributed by atoms with Crippen LogP contribution >= 0.6 is 0 Å². The van der Waals surface area contributed by atoms with Gasteiger partial charge in [0.25, 0.3) is 5.91 Å². The van der Waals surface area contributed by atoms with Crippen molar-refractivity contribution in [1.82, 2.24) is 9.78 Å². The summed E-state index contributed by atoms with van der Waals surface area (Å²) in [7, 11) is 1.91. The van der Waals surface area contributed by atoms with Crippen molar-refractivity contribution in [1.29, 1.82) is 0 Å². The zero-order chi connectivity index (χ0) is 18.7. The molecule has 0 bridgehead atoms. The highest BCUT2D eigenvalue weighted by molar-refractivity contribution is 6.08. The van der Waals surface area contributed by atoms with E-state index >= 15 is 0 Å². The summed E-state index contributed by atoms with van der Waals surface area (Å²) in [4.78, 5) is 17.9. The van der Waals surface area contributed by atoms with E-state index in [1.807, 2.05) is 29.6 Å². The molecule has 2 aromatic rings. The van der Waals surface area contributed by atoms with Crippen LogP contribution in [0.15, 0.2) is 24.3 Å². The monoisotopic (exact) mass is 366 g/mol. The number of hydrogen-bond acceptors (Lipinski definition) is 4. The van der Waals surface area contributed by atoms with Crippen LogP contribution in [0.25, 0.3) is 0 Å². The number of nitrogens with zero attached hydrogens (tertiary/aromatic N) is 4. The van der Waals surface area contributed by atoms with Gasteiger partial charge in [-0.3, -0.25) is 9.48 Å². The first kappa shape index (κ1) is 16.8. The maximum atomic E-state index is 13.5. The van der Waals surface area contributed by atoms with Crippen LogP contribution in [0.4, 0.5) is 11.4 Å². The van der Waals surface area contributed by atoms with Crippen molar-refractivity contribution in [2.75, 3.05) is 22.9 Å². The fraction of sp³-hybridized carbons (Fsp3) is 0.524. The Kier molecular flexibility index (Phi) is 3.79. The number of rotatable bonds is 2. The predicted molar refractivity (Wildman–Crippen MR) is 104 cm³/mol. The Morgan fingerprint density at radius 3 is 2.63 bits per heavy atom. The van der Waals surface area contributed by atoms with Gasteiger partial charge in [0.05, 0.1) is 29.3 Å². The lowest BCUT2D eigenvalue weighted by Gasteiger charge is -2.38. The fourth-order valence-corrected chi connectivity index (χ4v) is 4.70. The van der Waals surface area contributed by atoms with Crippen molar-refractivity contribution in [3.8, 4) is 0 Å². The summed E-state index contributed by atoms with van der Waals surface area (Å²) < 4.78 is 7.77. The van der Waals surface area contributed by atoms with Gasteiger partial charge in [0.15, 0.2) is 5.69 Å². The molecule has 1 saturated carbocycles. The number of hydrogen-bond donors (Lipinski definition) is 0. The zero-order valence-corrected chi connectivity index (χ0v) is 16.2. The van der Waals surface area contributed by atoms with Gasteiger partial charge in [-0.25, -0.2) is 0 Å². The normalized spacial score (nSPS) is 24.6. The molecule has 6 heteroatoms. The molecule has 1 aromatic carbocycles. The Morgan fingerprint density at radius 2 is 1.89 bits per heavy atom. The Bertz CT molecular complexity index is 902.